The molecule has 0 amide bonds. The fourth-order valence-electron chi connectivity index (χ4n) is 0.344. The minimum atomic E-state index is 1.03. The lowest BCUT2D eigenvalue weighted by Crippen LogP contribution is -2.04. The second-order valence-electron chi connectivity index (χ2n) is 1.17. The SMILES string of the molecule is [SiH3]c1ncc[nH]1. The van der Waals surface area contributed by atoms with Crippen molar-refractivity contribution in [2.45, 2.75) is 0 Å². The van der Waals surface area contributed by atoms with Gasteiger partial charge in [-0.3, -0.25) is 0 Å². The van der Waals surface area contributed by atoms with E-state index in [0.717, 1.165) is 15.7 Å². The molecular weight excluding hydrogens is 92.1 g/mol. The Morgan fingerprint density at radius 3 is 2.83 bits per heavy atom. The molecule has 1 N–H and O–H groups in total. The number of imidazole rings is 1. The first-order valence-electron chi connectivity index (χ1n) is 1.85. The van der Waals surface area contributed by atoms with Gasteiger partial charge in [-0.25, -0.2) is 4.98 Å². The van der Waals surface area contributed by atoms with Crippen LogP contribution in [0.1, 0.15) is 0 Å². The highest BCUT2D eigenvalue weighted by Crippen LogP contribution is 1.59. The summed E-state index contributed by atoms with van der Waals surface area (Å²) in [5.41, 5.74) is 1.11. The van der Waals surface area contributed by atoms with Crippen LogP contribution in [0.3, 0.4) is 0 Å². The molecule has 0 radical (unpaired) electrons. The first-order chi connectivity index (χ1) is 2.89. The third kappa shape index (κ3) is 0.489. The maximum Gasteiger partial charge on any atom is 0.0838 e. The molecule has 0 saturated heterocycles. The van der Waals surface area contributed by atoms with E-state index in [2.05, 4.69) is 9.97 Å². The van der Waals surface area contributed by atoms with E-state index in [4.69, 9.17) is 0 Å². The predicted molar refractivity (Wildman–Crippen MR) is 28.2 cm³/mol. The molecule has 0 aliphatic carbocycles. The van der Waals surface area contributed by atoms with E-state index in [1.807, 2.05) is 6.20 Å². The third-order valence-electron chi connectivity index (χ3n) is 0.635. The quantitative estimate of drug-likeness (QED) is 0.389. The van der Waals surface area contributed by atoms with E-state index < -0.39 is 0 Å². The number of aromatic nitrogens is 2. The Hall–Kier alpha value is -0.573. The topological polar surface area (TPSA) is 28.7 Å². The average Bonchev–Trinajstić information content (AvgIpc) is 1.86. The molecule has 0 saturated carbocycles. The molecule has 0 bridgehead atoms. The van der Waals surface area contributed by atoms with E-state index in [1.54, 1.807) is 6.20 Å². The van der Waals surface area contributed by atoms with Gasteiger partial charge in [-0.05, 0) is 0 Å². The van der Waals surface area contributed by atoms with Crippen molar-refractivity contribution in [1.82, 2.24) is 9.97 Å². The van der Waals surface area contributed by atoms with E-state index >= 15 is 0 Å². The van der Waals surface area contributed by atoms with E-state index in [9.17, 15) is 0 Å². The van der Waals surface area contributed by atoms with Crippen LogP contribution in [0.2, 0.25) is 0 Å². The smallest absolute Gasteiger partial charge is 0.0838 e. The molecule has 2 nitrogen and oxygen atoms in total. The lowest BCUT2D eigenvalue weighted by molar-refractivity contribution is 1.41. The number of nitrogens with one attached hydrogen (secondary N) is 1. The molecule has 1 rings (SSSR count). The molecule has 32 valence electrons. The molecule has 0 fully saturated rings. The molecule has 1 aromatic heterocycles. The Bertz CT molecular complexity index is 112. The number of H-pyrrole nitrogens is 1. The first-order valence-corrected chi connectivity index (χ1v) is 2.85. The van der Waals surface area contributed by atoms with Gasteiger partial charge in [0.1, 0.15) is 0 Å². The van der Waals surface area contributed by atoms with Crippen LogP contribution >= 0.6 is 0 Å². The summed E-state index contributed by atoms with van der Waals surface area (Å²) in [6.45, 7) is 0. The normalized spacial score (nSPS) is 9.33. The van der Waals surface area contributed by atoms with Crippen LogP contribution < -0.4 is 5.45 Å². The van der Waals surface area contributed by atoms with Gasteiger partial charge in [-0.15, -0.1) is 0 Å². The highest BCUT2D eigenvalue weighted by molar-refractivity contribution is 6.28. The summed E-state index contributed by atoms with van der Waals surface area (Å²) in [7, 11) is 1.03. The molecule has 1 heterocycles. The highest BCUT2D eigenvalue weighted by Gasteiger charge is 1.73. The van der Waals surface area contributed by atoms with Gasteiger partial charge in [0.15, 0.2) is 0 Å². The lowest BCUT2D eigenvalue weighted by atomic mass is 11.0. The molecule has 0 unspecified atom stereocenters. The van der Waals surface area contributed by atoms with Crippen LogP contribution in [-0.4, -0.2) is 20.2 Å². The fraction of sp³-hybridized carbons (Fsp3) is 0. The summed E-state index contributed by atoms with van der Waals surface area (Å²) < 4.78 is 0. The molecule has 0 aliphatic heterocycles. The Balaban J connectivity index is 3.05. The largest absolute Gasteiger partial charge is 0.354 e. The second kappa shape index (κ2) is 1.26. The number of hydrogen-bond donors (Lipinski definition) is 1. The van der Waals surface area contributed by atoms with Crippen LogP contribution in [0.25, 0.3) is 0 Å². The minimum absolute atomic E-state index is 1.03. The van der Waals surface area contributed by atoms with Crippen molar-refractivity contribution in [3.05, 3.63) is 12.4 Å². The van der Waals surface area contributed by atoms with Crippen LogP contribution in [0.5, 0.6) is 0 Å². The van der Waals surface area contributed by atoms with Gasteiger partial charge in [-0.2, -0.15) is 0 Å². The third-order valence-corrected chi connectivity index (χ3v) is 1.18. The number of aromatic amines is 1. The molecular formula is C3H6N2Si. The Morgan fingerprint density at radius 2 is 2.67 bits per heavy atom. The average molecular weight is 98.2 g/mol. The van der Waals surface area contributed by atoms with Crippen LogP contribution in [0.15, 0.2) is 12.4 Å². The van der Waals surface area contributed by atoms with E-state index in [1.165, 1.54) is 0 Å². The number of hydrogen-bond acceptors (Lipinski definition) is 1. The summed E-state index contributed by atoms with van der Waals surface area (Å²) in [6, 6.07) is 0. The van der Waals surface area contributed by atoms with Gasteiger partial charge in [0.2, 0.25) is 0 Å². The second-order valence-corrected chi connectivity index (χ2v) is 2.12. The van der Waals surface area contributed by atoms with Crippen molar-refractivity contribution in [2.75, 3.05) is 0 Å². The van der Waals surface area contributed by atoms with Gasteiger partial charge >= 0.3 is 0 Å². The highest BCUT2D eigenvalue weighted by atomic mass is 28.1. The monoisotopic (exact) mass is 98.0 g/mol. The predicted octanol–water partition coefficient (Wildman–Crippen LogP) is -1.60. The number of nitrogens with zero attached hydrogens (tertiary/aromatic N) is 1. The van der Waals surface area contributed by atoms with E-state index in [-0.39, 0.29) is 0 Å². The Labute approximate surface area is 39.0 Å². The summed E-state index contributed by atoms with van der Waals surface area (Å²) in [5, 5.41) is 0. The standard InChI is InChI=1S/C3H6N2Si/c6-3-4-1-2-5-3/h1-2H,6H3,(H,4,5). The van der Waals surface area contributed by atoms with Crippen molar-refractivity contribution in [1.29, 1.82) is 0 Å². The van der Waals surface area contributed by atoms with E-state index in [0.29, 0.717) is 0 Å². The van der Waals surface area contributed by atoms with Gasteiger partial charge in [0.05, 0.1) is 15.7 Å². The molecule has 6 heavy (non-hydrogen) atoms. The maximum absolute atomic E-state index is 3.92. The molecule has 3 heteroatoms. The van der Waals surface area contributed by atoms with Gasteiger partial charge in [0.25, 0.3) is 0 Å². The Kier molecular flexibility index (Phi) is 0.758. The van der Waals surface area contributed by atoms with Gasteiger partial charge in [-0.1, -0.05) is 0 Å². The molecule has 1 aromatic rings. The Morgan fingerprint density at radius 1 is 1.83 bits per heavy atom. The van der Waals surface area contributed by atoms with Gasteiger partial charge < -0.3 is 4.98 Å². The molecule has 0 aliphatic rings. The van der Waals surface area contributed by atoms with Crippen LogP contribution in [-0.2, 0) is 0 Å². The molecule has 0 spiro atoms. The first kappa shape index (κ1) is 3.61. The molecule has 0 aromatic carbocycles. The van der Waals surface area contributed by atoms with Crippen molar-refractivity contribution in [3.8, 4) is 0 Å². The van der Waals surface area contributed by atoms with Gasteiger partial charge in [0, 0.05) is 12.4 Å². The van der Waals surface area contributed by atoms with Crippen LogP contribution in [0.4, 0.5) is 0 Å². The van der Waals surface area contributed by atoms with Crippen molar-refractivity contribution in [2.24, 2.45) is 0 Å². The summed E-state index contributed by atoms with van der Waals surface area (Å²) >= 11 is 0. The summed E-state index contributed by atoms with van der Waals surface area (Å²) in [4.78, 5) is 6.87. The molecule has 0 atom stereocenters. The zero-order valence-electron chi connectivity index (χ0n) is 3.60. The summed E-state index contributed by atoms with van der Waals surface area (Å²) in [5.74, 6) is 0. The minimum Gasteiger partial charge on any atom is -0.354 e. The lowest BCUT2D eigenvalue weighted by Gasteiger charge is -1.69. The van der Waals surface area contributed by atoms with Crippen molar-refractivity contribution >= 4 is 15.7 Å². The fourth-order valence-corrected chi connectivity index (χ4v) is 0.660. The van der Waals surface area contributed by atoms with Crippen molar-refractivity contribution in [3.63, 3.8) is 0 Å². The zero-order valence-corrected chi connectivity index (χ0v) is 5.60. The summed E-state index contributed by atoms with van der Waals surface area (Å²) in [6.07, 6.45) is 3.60. The van der Waals surface area contributed by atoms with Crippen LogP contribution in [0, 0.1) is 0 Å². The number of rotatable bonds is 0. The van der Waals surface area contributed by atoms with Crippen molar-refractivity contribution < 1.29 is 0 Å². The maximum atomic E-state index is 3.92. The zero-order chi connectivity index (χ0) is 4.41.